The quantitative estimate of drug-likeness (QED) is 0.703. The van der Waals surface area contributed by atoms with Gasteiger partial charge in [0.1, 0.15) is 17.2 Å². The Bertz CT molecular complexity index is 1100. The van der Waals surface area contributed by atoms with Crippen LogP contribution < -0.4 is 10.1 Å². The van der Waals surface area contributed by atoms with E-state index >= 15 is 0 Å². The van der Waals surface area contributed by atoms with Crippen LogP contribution in [0.1, 0.15) is 26.2 Å². The fraction of sp³-hybridized carbons (Fsp3) is 0.333. The molecule has 2 heterocycles. The topological polar surface area (TPSA) is 60.3 Å². The van der Waals surface area contributed by atoms with E-state index in [4.69, 9.17) is 4.74 Å². The van der Waals surface area contributed by atoms with E-state index < -0.39 is 15.8 Å². The molecule has 0 unspecified atom stereocenters. The normalized spacial score (nSPS) is 16.9. The average Bonchev–Trinajstić information content (AvgIpc) is 3.12. The minimum atomic E-state index is -3.82. The van der Waals surface area contributed by atoms with Gasteiger partial charge in [0.25, 0.3) is 10.0 Å². The predicted molar refractivity (Wildman–Crippen MR) is 107 cm³/mol. The monoisotopic (exact) mass is 402 g/mol. The van der Waals surface area contributed by atoms with Gasteiger partial charge in [-0.05, 0) is 68.8 Å². The molecule has 148 valence electrons. The Morgan fingerprint density at radius 3 is 2.68 bits per heavy atom. The molecule has 2 aromatic carbocycles. The van der Waals surface area contributed by atoms with Gasteiger partial charge in [0.05, 0.1) is 10.4 Å². The summed E-state index contributed by atoms with van der Waals surface area (Å²) in [6.07, 6.45) is 4.08. The highest BCUT2D eigenvalue weighted by atomic mass is 32.2. The molecule has 1 aliphatic rings. The number of hydrogen-bond acceptors (Lipinski definition) is 4. The summed E-state index contributed by atoms with van der Waals surface area (Å²) in [4.78, 5) is 0.145. The van der Waals surface area contributed by atoms with E-state index in [0.29, 0.717) is 16.7 Å². The van der Waals surface area contributed by atoms with Gasteiger partial charge in [-0.25, -0.2) is 16.8 Å². The molecule has 4 rings (SSSR count). The first-order chi connectivity index (χ1) is 13.4. The second kappa shape index (κ2) is 7.22. The van der Waals surface area contributed by atoms with E-state index in [9.17, 15) is 12.8 Å². The number of hydrogen-bond donors (Lipinski definition) is 1. The third-order valence-electron chi connectivity index (χ3n) is 5.47. The second-order valence-electron chi connectivity index (χ2n) is 7.18. The molecule has 5 nitrogen and oxygen atoms in total. The van der Waals surface area contributed by atoms with Crippen LogP contribution in [-0.2, 0) is 10.0 Å². The highest BCUT2D eigenvalue weighted by Gasteiger charge is 2.32. The first-order valence-electron chi connectivity index (χ1n) is 9.46. The molecule has 7 heteroatoms. The highest BCUT2D eigenvalue weighted by Crippen LogP contribution is 2.31. The van der Waals surface area contributed by atoms with Crippen molar-refractivity contribution in [2.75, 3.05) is 13.1 Å². The Labute approximate surface area is 164 Å². The van der Waals surface area contributed by atoms with Gasteiger partial charge in [-0.1, -0.05) is 13.0 Å². The van der Waals surface area contributed by atoms with Crippen molar-refractivity contribution >= 4 is 20.9 Å². The lowest BCUT2D eigenvalue weighted by atomic mass is 9.89. The highest BCUT2D eigenvalue weighted by molar-refractivity contribution is 7.90. The molecular weight excluding hydrogens is 379 g/mol. The van der Waals surface area contributed by atoms with Crippen LogP contribution in [0.25, 0.3) is 10.9 Å². The maximum absolute atomic E-state index is 13.4. The van der Waals surface area contributed by atoms with Crippen molar-refractivity contribution < 1.29 is 17.5 Å². The summed E-state index contributed by atoms with van der Waals surface area (Å²) in [6, 6.07) is 12.3. The molecule has 1 aromatic heterocycles. The van der Waals surface area contributed by atoms with Crippen LogP contribution in [-0.4, -0.2) is 31.1 Å². The summed E-state index contributed by atoms with van der Waals surface area (Å²) < 4.78 is 47.3. The zero-order valence-corrected chi connectivity index (χ0v) is 16.5. The minimum absolute atomic E-state index is 0.145. The van der Waals surface area contributed by atoms with E-state index in [0.717, 1.165) is 32.4 Å². The molecular formula is C21H23FN2O3S. The summed E-state index contributed by atoms with van der Waals surface area (Å²) in [5.41, 5.74) is 0.168. The Balaban J connectivity index is 1.69. The van der Waals surface area contributed by atoms with Gasteiger partial charge < -0.3 is 10.1 Å². The number of piperidine rings is 1. The minimum Gasteiger partial charge on any atom is -0.487 e. The largest absolute Gasteiger partial charge is 0.487 e. The summed E-state index contributed by atoms with van der Waals surface area (Å²) >= 11 is 0. The van der Waals surface area contributed by atoms with Gasteiger partial charge in [-0.2, -0.15) is 0 Å². The van der Waals surface area contributed by atoms with Gasteiger partial charge >= 0.3 is 0 Å². The number of aromatic nitrogens is 1. The van der Waals surface area contributed by atoms with Crippen LogP contribution in [0.4, 0.5) is 4.39 Å². The molecule has 1 aliphatic heterocycles. The van der Waals surface area contributed by atoms with E-state index in [1.807, 2.05) is 0 Å². The molecule has 1 saturated heterocycles. The van der Waals surface area contributed by atoms with Crippen LogP contribution in [0.3, 0.4) is 0 Å². The van der Waals surface area contributed by atoms with Crippen LogP contribution >= 0.6 is 0 Å². The predicted octanol–water partition coefficient (Wildman–Crippen LogP) is 3.93. The van der Waals surface area contributed by atoms with Gasteiger partial charge in [-0.15, -0.1) is 0 Å². The fourth-order valence-corrected chi connectivity index (χ4v) is 5.16. The van der Waals surface area contributed by atoms with Gasteiger partial charge in [0, 0.05) is 17.6 Å². The van der Waals surface area contributed by atoms with E-state index in [-0.39, 0.29) is 10.5 Å². The van der Waals surface area contributed by atoms with Gasteiger partial charge in [0.15, 0.2) is 0 Å². The summed E-state index contributed by atoms with van der Waals surface area (Å²) in [6.45, 7) is 3.87. The molecule has 0 atom stereocenters. The standard InChI is InChI=1S/C21H23FN2O3S/c1-2-21(9-11-23-12-10-21)27-18-4-3-5-19(15-18)28(25,26)24-13-8-16-14-17(22)6-7-20(16)24/h3-8,13-15,23H,2,9-12H2,1H3. The van der Waals surface area contributed by atoms with Crippen molar-refractivity contribution in [2.45, 2.75) is 36.7 Å². The number of nitrogens with one attached hydrogen (secondary N) is 1. The first kappa shape index (κ1) is 19.0. The molecule has 3 aromatic rings. The number of fused-ring (bicyclic) bond motifs is 1. The maximum atomic E-state index is 13.4. The molecule has 1 fully saturated rings. The number of benzene rings is 2. The average molecular weight is 402 g/mol. The van der Waals surface area contributed by atoms with Crippen LogP contribution in [0.2, 0.25) is 0 Å². The summed E-state index contributed by atoms with van der Waals surface area (Å²) in [5.74, 6) is 0.150. The molecule has 1 N–H and O–H groups in total. The number of halogens is 1. The van der Waals surface area contributed by atoms with Crippen molar-refractivity contribution in [3.05, 3.63) is 60.5 Å². The zero-order chi connectivity index (χ0) is 19.8. The molecule has 0 radical (unpaired) electrons. The van der Waals surface area contributed by atoms with Crippen molar-refractivity contribution in [1.82, 2.24) is 9.29 Å². The maximum Gasteiger partial charge on any atom is 0.268 e. The van der Waals surface area contributed by atoms with Crippen LogP contribution in [0.15, 0.2) is 59.6 Å². The third kappa shape index (κ3) is 3.40. The lowest BCUT2D eigenvalue weighted by Crippen LogP contribution is -2.45. The summed E-state index contributed by atoms with van der Waals surface area (Å²) in [5, 5.41) is 3.87. The van der Waals surface area contributed by atoms with E-state index in [1.54, 1.807) is 30.3 Å². The smallest absolute Gasteiger partial charge is 0.268 e. The van der Waals surface area contributed by atoms with Crippen molar-refractivity contribution in [3.63, 3.8) is 0 Å². The Morgan fingerprint density at radius 1 is 1.14 bits per heavy atom. The van der Waals surface area contributed by atoms with Gasteiger partial charge in [0.2, 0.25) is 0 Å². The number of nitrogens with zero attached hydrogens (tertiary/aromatic N) is 1. The molecule has 0 saturated carbocycles. The SMILES string of the molecule is CCC1(Oc2cccc(S(=O)(=O)n3ccc4cc(F)ccc43)c2)CCNCC1. The third-order valence-corrected chi connectivity index (χ3v) is 7.16. The van der Waals surface area contributed by atoms with Crippen molar-refractivity contribution in [1.29, 1.82) is 0 Å². The number of ether oxygens (including phenoxy) is 1. The van der Waals surface area contributed by atoms with Crippen LogP contribution in [0, 0.1) is 5.82 Å². The van der Waals surface area contributed by atoms with Gasteiger partial charge in [-0.3, -0.25) is 0 Å². The fourth-order valence-electron chi connectivity index (χ4n) is 3.77. The molecule has 0 amide bonds. The molecule has 28 heavy (non-hydrogen) atoms. The first-order valence-corrected chi connectivity index (χ1v) is 10.9. The second-order valence-corrected chi connectivity index (χ2v) is 9.00. The Kier molecular flexibility index (Phi) is 4.89. The van der Waals surface area contributed by atoms with E-state index in [2.05, 4.69) is 12.2 Å². The van der Waals surface area contributed by atoms with Crippen molar-refractivity contribution in [2.24, 2.45) is 0 Å². The molecule has 0 spiro atoms. The van der Waals surface area contributed by atoms with E-state index in [1.165, 1.54) is 28.4 Å². The number of rotatable bonds is 5. The molecule has 0 aliphatic carbocycles. The Morgan fingerprint density at radius 2 is 1.93 bits per heavy atom. The Hall–Kier alpha value is -2.38. The van der Waals surface area contributed by atoms with Crippen LogP contribution in [0.5, 0.6) is 5.75 Å². The zero-order valence-electron chi connectivity index (χ0n) is 15.7. The lowest BCUT2D eigenvalue weighted by Gasteiger charge is -2.37. The summed E-state index contributed by atoms with van der Waals surface area (Å²) in [7, 11) is -3.82. The molecule has 0 bridgehead atoms. The lowest BCUT2D eigenvalue weighted by molar-refractivity contribution is 0.0329. The van der Waals surface area contributed by atoms with Crippen molar-refractivity contribution in [3.8, 4) is 5.75 Å².